The molecule has 5 heteroatoms. The molecule has 0 aliphatic carbocycles. The summed E-state index contributed by atoms with van der Waals surface area (Å²) in [6.07, 6.45) is 0. The van der Waals surface area contributed by atoms with E-state index in [4.69, 9.17) is 4.74 Å². The lowest BCUT2D eigenvalue weighted by atomic mass is 9.87. The fourth-order valence-electron chi connectivity index (χ4n) is 2.27. The number of ketones is 1. The summed E-state index contributed by atoms with van der Waals surface area (Å²) < 4.78 is 5.60. The molecule has 5 nitrogen and oxygen atoms in total. The third-order valence-electron chi connectivity index (χ3n) is 3.69. The lowest BCUT2D eigenvalue weighted by Crippen LogP contribution is -2.69. The van der Waals surface area contributed by atoms with Gasteiger partial charge >= 0.3 is 0 Å². The largest absolute Gasteiger partial charge is 0.377 e. The molecule has 0 bridgehead atoms. The summed E-state index contributed by atoms with van der Waals surface area (Å²) in [5.74, 6) is -0.862. The minimum Gasteiger partial charge on any atom is -0.377 e. The first kappa shape index (κ1) is 15.1. The number of rotatable bonds is 3. The first-order chi connectivity index (χ1) is 8.13. The maximum atomic E-state index is 12.2. The minimum absolute atomic E-state index is 0.164. The molecule has 18 heavy (non-hydrogen) atoms. The molecule has 0 radical (unpaired) electrons. The van der Waals surface area contributed by atoms with E-state index >= 15 is 0 Å². The Balaban J connectivity index is 3.15. The van der Waals surface area contributed by atoms with Gasteiger partial charge in [-0.15, -0.1) is 0 Å². The number of likely N-dealkylation sites (N-methyl/N-ethyl adjacent to an activating group) is 1. The zero-order valence-corrected chi connectivity index (χ0v) is 12.2. The highest BCUT2D eigenvalue weighted by Gasteiger charge is 2.47. The van der Waals surface area contributed by atoms with E-state index in [1.807, 2.05) is 34.7 Å². The number of Topliss-reactive ketones (excluding diaryl/α,β-unsaturated/α-hetero) is 1. The topological polar surface area (TPSA) is 58.6 Å². The molecule has 0 spiro atoms. The minimum atomic E-state index is -0.472. The van der Waals surface area contributed by atoms with E-state index in [0.717, 1.165) is 0 Å². The van der Waals surface area contributed by atoms with Crippen molar-refractivity contribution < 1.29 is 14.3 Å². The van der Waals surface area contributed by atoms with E-state index in [1.165, 1.54) is 6.92 Å². The van der Waals surface area contributed by atoms with Gasteiger partial charge in [0.1, 0.15) is 0 Å². The molecule has 1 rings (SSSR count). The Morgan fingerprint density at radius 1 is 1.39 bits per heavy atom. The number of carbonyl (C=O) groups is 2. The van der Waals surface area contributed by atoms with Gasteiger partial charge in [0.05, 0.1) is 24.8 Å². The normalized spacial score (nSPS) is 23.9. The van der Waals surface area contributed by atoms with Crippen molar-refractivity contribution in [3.05, 3.63) is 0 Å². The third-order valence-corrected chi connectivity index (χ3v) is 3.69. The van der Waals surface area contributed by atoms with Gasteiger partial charge in [-0.1, -0.05) is 0 Å². The van der Waals surface area contributed by atoms with Crippen molar-refractivity contribution in [2.24, 2.45) is 0 Å². The van der Waals surface area contributed by atoms with Crippen LogP contribution < -0.4 is 5.32 Å². The van der Waals surface area contributed by atoms with E-state index < -0.39 is 17.2 Å². The van der Waals surface area contributed by atoms with E-state index in [1.54, 1.807) is 4.90 Å². The van der Waals surface area contributed by atoms with Crippen LogP contribution in [0.25, 0.3) is 0 Å². The highest BCUT2D eigenvalue weighted by molar-refractivity contribution is 6.35. The van der Waals surface area contributed by atoms with Gasteiger partial charge in [-0.2, -0.15) is 0 Å². The van der Waals surface area contributed by atoms with Gasteiger partial charge in [-0.3, -0.25) is 9.59 Å². The van der Waals surface area contributed by atoms with Crippen molar-refractivity contribution in [2.45, 2.75) is 51.7 Å². The molecule has 0 aromatic heterocycles. The van der Waals surface area contributed by atoms with Gasteiger partial charge in [0.25, 0.3) is 5.91 Å². The van der Waals surface area contributed by atoms with Crippen LogP contribution >= 0.6 is 0 Å². The Kier molecular flexibility index (Phi) is 4.18. The molecule has 1 amide bonds. The van der Waals surface area contributed by atoms with E-state index in [2.05, 4.69) is 5.32 Å². The number of ether oxygens (including phenoxy) is 1. The third kappa shape index (κ3) is 2.72. The molecule has 104 valence electrons. The maximum absolute atomic E-state index is 12.2. The molecule has 1 N–H and O–H groups in total. The van der Waals surface area contributed by atoms with Crippen molar-refractivity contribution in [3.63, 3.8) is 0 Å². The Hall–Kier alpha value is -0.940. The van der Waals surface area contributed by atoms with Crippen LogP contribution in [-0.2, 0) is 14.3 Å². The van der Waals surface area contributed by atoms with Crippen molar-refractivity contribution in [2.75, 3.05) is 20.3 Å². The zero-order valence-electron chi connectivity index (χ0n) is 12.2. The molecule has 1 atom stereocenters. The van der Waals surface area contributed by atoms with Crippen LogP contribution in [0.3, 0.4) is 0 Å². The number of nitrogens with one attached hydrogen (secondary N) is 1. The number of hydrogen-bond acceptors (Lipinski definition) is 4. The van der Waals surface area contributed by atoms with Crippen molar-refractivity contribution in [1.82, 2.24) is 10.2 Å². The molecule has 1 aliphatic heterocycles. The first-order valence-electron chi connectivity index (χ1n) is 6.24. The van der Waals surface area contributed by atoms with Gasteiger partial charge in [-0.05, 0) is 34.7 Å². The molecule has 1 saturated heterocycles. The van der Waals surface area contributed by atoms with E-state index in [9.17, 15) is 9.59 Å². The fourth-order valence-corrected chi connectivity index (χ4v) is 2.27. The van der Waals surface area contributed by atoms with Crippen LogP contribution in [0.15, 0.2) is 0 Å². The lowest BCUT2D eigenvalue weighted by molar-refractivity contribution is -0.165. The monoisotopic (exact) mass is 256 g/mol. The predicted molar refractivity (Wildman–Crippen MR) is 69.4 cm³/mol. The fraction of sp³-hybridized carbons (Fsp3) is 0.846. The van der Waals surface area contributed by atoms with Crippen LogP contribution in [-0.4, -0.2) is 54.0 Å². The van der Waals surface area contributed by atoms with Crippen LogP contribution in [0.1, 0.15) is 34.6 Å². The molecule has 1 aliphatic rings. The van der Waals surface area contributed by atoms with Gasteiger partial charge in [0, 0.05) is 12.5 Å². The summed E-state index contributed by atoms with van der Waals surface area (Å²) in [6.45, 7) is 10.1. The van der Waals surface area contributed by atoms with E-state index in [0.29, 0.717) is 13.2 Å². The van der Waals surface area contributed by atoms with Crippen molar-refractivity contribution >= 4 is 11.7 Å². The van der Waals surface area contributed by atoms with Gasteiger partial charge in [0.15, 0.2) is 0 Å². The van der Waals surface area contributed by atoms with Crippen LogP contribution in [0.2, 0.25) is 0 Å². The van der Waals surface area contributed by atoms with Crippen molar-refractivity contribution in [1.29, 1.82) is 0 Å². The molecule has 1 fully saturated rings. The summed E-state index contributed by atoms with van der Waals surface area (Å²) in [7, 11) is 1.85. The molecule has 0 aromatic rings. The quantitative estimate of drug-likeness (QED) is 0.750. The summed E-state index contributed by atoms with van der Waals surface area (Å²) in [4.78, 5) is 25.3. The highest BCUT2D eigenvalue weighted by Crippen LogP contribution is 2.29. The Morgan fingerprint density at radius 3 is 2.39 bits per heavy atom. The standard InChI is InChI=1S/C13H24N2O3/c1-9(16)11(17)15-10(13(4,5)14-6)7-18-8-12(15,2)3/h10,14H,7-8H2,1-6H3. The van der Waals surface area contributed by atoms with Gasteiger partial charge in [0.2, 0.25) is 5.78 Å². The van der Waals surface area contributed by atoms with E-state index in [-0.39, 0.29) is 11.6 Å². The van der Waals surface area contributed by atoms with Crippen molar-refractivity contribution in [3.8, 4) is 0 Å². The number of amides is 1. The molecule has 1 heterocycles. The molecule has 0 saturated carbocycles. The second kappa shape index (κ2) is 4.97. The lowest BCUT2D eigenvalue weighted by Gasteiger charge is -2.52. The van der Waals surface area contributed by atoms with Gasteiger partial charge in [-0.25, -0.2) is 0 Å². The number of carbonyl (C=O) groups excluding carboxylic acids is 2. The van der Waals surface area contributed by atoms with Crippen LogP contribution in [0.5, 0.6) is 0 Å². The highest BCUT2D eigenvalue weighted by atomic mass is 16.5. The SMILES string of the molecule is CNC(C)(C)C1COCC(C)(C)N1C(=O)C(C)=O. The number of morpholine rings is 1. The summed E-state index contributed by atoms with van der Waals surface area (Å²) in [6, 6.07) is -0.164. The predicted octanol–water partition coefficient (Wildman–Crippen LogP) is 0.579. The molecular weight excluding hydrogens is 232 g/mol. The molecular formula is C13H24N2O3. The zero-order chi connectivity index (χ0) is 14.1. The Labute approximate surface area is 109 Å². The maximum Gasteiger partial charge on any atom is 0.290 e. The molecule has 1 unspecified atom stereocenters. The molecule has 0 aromatic carbocycles. The Bertz CT molecular complexity index is 350. The number of hydrogen-bond donors (Lipinski definition) is 1. The average molecular weight is 256 g/mol. The summed E-state index contributed by atoms with van der Waals surface area (Å²) in [5, 5.41) is 3.19. The smallest absolute Gasteiger partial charge is 0.290 e. The number of nitrogens with zero attached hydrogens (tertiary/aromatic N) is 1. The van der Waals surface area contributed by atoms with Gasteiger partial charge < -0.3 is 15.0 Å². The first-order valence-corrected chi connectivity index (χ1v) is 6.24. The van der Waals surface area contributed by atoms with Crippen LogP contribution in [0.4, 0.5) is 0 Å². The Morgan fingerprint density at radius 2 is 1.94 bits per heavy atom. The van der Waals surface area contributed by atoms with Crippen LogP contribution in [0, 0.1) is 0 Å². The second-order valence-corrected chi connectivity index (χ2v) is 6.05. The summed E-state index contributed by atoms with van der Waals surface area (Å²) in [5.41, 5.74) is -0.789. The second-order valence-electron chi connectivity index (χ2n) is 6.05. The summed E-state index contributed by atoms with van der Waals surface area (Å²) >= 11 is 0. The average Bonchev–Trinajstić information content (AvgIpc) is 2.26.